The largest absolute Gasteiger partial charge is 0.377 e. The predicted octanol–water partition coefficient (Wildman–Crippen LogP) is 7.13. The van der Waals surface area contributed by atoms with E-state index in [1.165, 1.54) is 38.3 Å². The highest BCUT2D eigenvalue weighted by molar-refractivity contribution is 8.25. The minimum Gasteiger partial charge on any atom is -0.377 e. The lowest BCUT2D eigenvalue weighted by molar-refractivity contribution is 0.604. The second-order valence-corrected chi connectivity index (χ2v) is 13.7. The summed E-state index contributed by atoms with van der Waals surface area (Å²) in [7, 11) is 0. The third-order valence-electron chi connectivity index (χ3n) is 7.22. The van der Waals surface area contributed by atoms with Gasteiger partial charge in [0.15, 0.2) is 0 Å². The molecule has 0 spiro atoms. The Labute approximate surface area is 218 Å². The van der Waals surface area contributed by atoms with Gasteiger partial charge in [-0.25, -0.2) is 0 Å². The van der Waals surface area contributed by atoms with Crippen molar-refractivity contribution in [3.05, 3.63) is 156 Å². The quantitative estimate of drug-likeness (QED) is 0.257. The molecule has 0 unspecified atom stereocenters. The van der Waals surface area contributed by atoms with Crippen LogP contribution in [0.3, 0.4) is 0 Å². The molecule has 176 valence electrons. The molecule has 6 rings (SSSR count). The number of benzene rings is 5. The average Bonchev–Trinajstić information content (AvgIpc) is 2.97. The second kappa shape index (κ2) is 9.90. The van der Waals surface area contributed by atoms with Gasteiger partial charge < -0.3 is 5.32 Å². The third kappa shape index (κ3) is 4.11. The topological polar surface area (TPSA) is 12.0 Å². The van der Waals surface area contributed by atoms with Crippen LogP contribution in [-0.4, -0.2) is 0 Å². The van der Waals surface area contributed by atoms with Crippen LogP contribution >= 0.6 is 6.04 Å². The van der Waals surface area contributed by atoms with Crippen molar-refractivity contribution >= 4 is 39.4 Å². The van der Waals surface area contributed by atoms with Crippen LogP contribution in [0.25, 0.3) is 0 Å². The zero-order valence-electron chi connectivity index (χ0n) is 20.0. The minimum atomic E-state index is -2.30. The number of hydrogen-bond acceptors (Lipinski definition) is 2. The molecule has 1 N–H and O–H groups in total. The molecule has 5 aromatic carbocycles. The molecule has 1 aliphatic heterocycles. The second-order valence-electron chi connectivity index (χ2n) is 9.33. The van der Waals surface area contributed by atoms with Gasteiger partial charge >= 0.3 is 0 Å². The average molecular weight is 502 g/mol. The predicted molar refractivity (Wildman–Crippen MR) is 158 cm³/mol. The molecule has 0 saturated carbocycles. The summed E-state index contributed by atoms with van der Waals surface area (Å²) in [5, 5.41) is 7.68. The van der Waals surface area contributed by atoms with Gasteiger partial charge in [0, 0.05) is 22.9 Å². The Kier molecular flexibility index (Phi) is 6.32. The highest BCUT2D eigenvalue weighted by Gasteiger charge is 2.34. The summed E-state index contributed by atoms with van der Waals surface area (Å²) in [4.78, 5) is 0. The zero-order valence-corrected chi connectivity index (χ0v) is 21.7. The number of para-hydroxylation sites is 1. The summed E-state index contributed by atoms with van der Waals surface area (Å²) in [6.45, 7) is 0. The van der Waals surface area contributed by atoms with E-state index >= 15 is 0 Å². The fourth-order valence-electron chi connectivity index (χ4n) is 5.47. The molecule has 5 aromatic rings. The first-order chi connectivity index (χ1) is 17.7. The molecule has 0 bridgehead atoms. The van der Waals surface area contributed by atoms with E-state index in [2.05, 4.69) is 145 Å². The SMILES string of the molecule is S=P(c1ccccc1)(c1ccccc1)c1cccc2c1N[C@H](c1ccccc1)C[C@@H]2c1ccccc1. The molecule has 1 aliphatic rings. The van der Waals surface area contributed by atoms with E-state index in [4.69, 9.17) is 11.8 Å². The standard InChI is InChI=1S/C33H28NPS/c36-35(27-18-9-3-10-19-27,28-20-11-4-12-21-28)32-23-13-22-29-30(25-14-5-1-6-15-25)24-31(34-33(29)32)26-16-7-2-8-17-26/h1-23,30-31,34H,24H2/t30-,31+/m1/s1. The maximum atomic E-state index is 6.77. The first-order valence-corrected chi connectivity index (χ1v) is 15.3. The number of anilines is 1. The molecule has 1 heterocycles. The van der Waals surface area contributed by atoms with Gasteiger partial charge in [-0.05, 0) is 33.7 Å². The summed E-state index contributed by atoms with van der Waals surface area (Å²) in [5.74, 6) is 0.294. The summed E-state index contributed by atoms with van der Waals surface area (Å²) in [6, 6.07) is 47.8. The maximum absolute atomic E-state index is 6.77. The van der Waals surface area contributed by atoms with E-state index in [1.807, 2.05) is 0 Å². The Morgan fingerprint density at radius 1 is 0.556 bits per heavy atom. The van der Waals surface area contributed by atoms with Crippen LogP contribution in [0, 0.1) is 0 Å². The minimum absolute atomic E-state index is 0.208. The van der Waals surface area contributed by atoms with Gasteiger partial charge in [-0.2, -0.15) is 0 Å². The van der Waals surface area contributed by atoms with E-state index in [0.29, 0.717) is 5.92 Å². The van der Waals surface area contributed by atoms with Gasteiger partial charge in [0.25, 0.3) is 0 Å². The summed E-state index contributed by atoms with van der Waals surface area (Å²) < 4.78 is 0. The fraction of sp³-hybridized carbons (Fsp3) is 0.0909. The smallest absolute Gasteiger partial charge is 0.0523 e. The van der Waals surface area contributed by atoms with Crippen LogP contribution in [0.5, 0.6) is 0 Å². The third-order valence-corrected chi connectivity index (χ3v) is 12.2. The van der Waals surface area contributed by atoms with Crippen molar-refractivity contribution in [3.63, 3.8) is 0 Å². The Hall–Kier alpha value is -3.45. The summed E-state index contributed by atoms with van der Waals surface area (Å²) in [6.07, 6.45) is 1.00. The van der Waals surface area contributed by atoms with E-state index < -0.39 is 6.04 Å². The normalized spacial score (nSPS) is 17.1. The van der Waals surface area contributed by atoms with E-state index in [9.17, 15) is 0 Å². The van der Waals surface area contributed by atoms with Gasteiger partial charge in [-0.3, -0.25) is 0 Å². The Morgan fingerprint density at radius 2 is 1.06 bits per heavy atom. The lowest BCUT2D eigenvalue weighted by Gasteiger charge is -2.37. The molecule has 3 heteroatoms. The Morgan fingerprint density at radius 3 is 1.61 bits per heavy atom. The molecule has 2 atom stereocenters. The number of hydrogen-bond donors (Lipinski definition) is 1. The summed E-state index contributed by atoms with van der Waals surface area (Å²) in [5.41, 5.74) is 5.21. The summed E-state index contributed by atoms with van der Waals surface area (Å²) >= 11 is 6.77. The van der Waals surface area contributed by atoms with E-state index in [1.54, 1.807) is 0 Å². The maximum Gasteiger partial charge on any atom is 0.0523 e. The first kappa shape index (κ1) is 23.0. The zero-order chi connectivity index (χ0) is 24.4. The molecule has 0 amide bonds. The van der Waals surface area contributed by atoms with Gasteiger partial charge in [0.05, 0.1) is 6.04 Å². The number of fused-ring (bicyclic) bond motifs is 1. The van der Waals surface area contributed by atoms with Crippen molar-refractivity contribution in [3.8, 4) is 0 Å². The monoisotopic (exact) mass is 501 g/mol. The molecule has 36 heavy (non-hydrogen) atoms. The van der Waals surface area contributed by atoms with Gasteiger partial charge in [0.2, 0.25) is 0 Å². The van der Waals surface area contributed by atoms with E-state index in [0.717, 1.165) is 6.42 Å². The molecule has 0 saturated heterocycles. The van der Waals surface area contributed by atoms with Crippen molar-refractivity contribution < 1.29 is 0 Å². The van der Waals surface area contributed by atoms with Crippen LogP contribution in [0.2, 0.25) is 0 Å². The highest BCUT2D eigenvalue weighted by Crippen LogP contribution is 2.50. The molecular formula is C33H28NPS. The number of rotatable bonds is 5. The highest BCUT2D eigenvalue weighted by atomic mass is 32.4. The van der Waals surface area contributed by atoms with Crippen LogP contribution < -0.4 is 21.2 Å². The van der Waals surface area contributed by atoms with Crippen molar-refractivity contribution in [1.29, 1.82) is 0 Å². The fourth-order valence-corrected chi connectivity index (χ4v) is 9.50. The lowest BCUT2D eigenvalue weighted by Crippen LogP contribution is -2.31. The van der Waals surface area contributed by atoms with Crippen LogP contribution in [-0.2, 0) is 11.8 Å². The Bertz CT molecular complexity index is 1460. The van der Waals surface area contributed by atoms with Crippen molar-refractivity contribution in [2.24, 2.45) is 0 Å². The molecule has 0 aromatic heterocycles. The van der Waals surface area contributed by atoms with Crippen LogP contribution in [0.15, 0.2) is 140 Å². The first-order valence-electron chi connectivity index (χ1n) is 12.5. The van der Waals surface area contributed by atoms with Gasteiger partial charge in [0.1, 0.15) is 0 Å². The molecule has 0 radical (unpaired) electrons. The van der Waals surface area contributed by atoms with Crippen LogP contribution in [0.4, 0.5) is 5.69 Å². The van der Waals surface area contributed by atoms with E-state index in [-0.39, 0.29) is 6.04 Å². The molecule has 1 nitrogen and oxygen atoms in total. The molecular weight excluding hydrogens is 473 g/mol. The van der Waals surface area contributed by atoms with Gasteiger partial charge in [-0.15, -0.1) is 0 Å². The van der Waals surface area contributed by atoms with Crippen molar-refractivity contribution in [2.75, 3.05) is 5.32 Å². The van der Waals surface area contributed by atoms with Gasteiger partial charge in [-0.1, -0.05) is 151 Å². The van der Waals surface area contributed by atoms with Crippen molar-refractivity contribution in [1.82, 2.24) is 0 Å². The Balaban J connectivity index is 1.60. The number of nitrogens with one attached hydrogen (secondary N) is 1. The lowest BCUT2D eigenvalue weighted by atomic mass is 9.80. The molecule has 0 fully saturated rings. The molecule has 0 aliphatic carbocycles. The van der Waals surface area contributed by atoms with Crippen molar-refractivity contribution in [2.45, 2.75) is 18.4 Å². The van der Waals surface area contributed by atoms with Crippen LogP contribution in [0.1, 0.15) is 35.1 Å².